The van der Waals surface area contributed by atoms with E-state index in [1.807, 2.05) is 13.8 Å². The number of rotatable bonds is 2. The number of alkyl halides is 3. The Bertz CT molecular complexity index is 654. The van der Waals surface area contributed by atoms with Gasteiger partial charge in [-0.2, -0.15) is 17.5 Å². The standard InChI is InChI=1S/C13H16ClF3N2O2S/c1-8-6-19(7-9(2)18-8)22(20,21)12-5-10(13(15,16)17)3-4-11(12)14/h3-5,8-9,18H,6-7H2,1-2H3. The van der Waals surface area contributed by atoms with Crippen molar-refractivity contribution in [3.8, 4) is 0 Å². The van der Waals surface area contributed by atoms with Crippen molar-refractivity contribution in [2.75, 3.05) is 13.1 Å². The number of benzene rings is 1. The van der Waals surface area contributed by atoms with Gasteiger partial charge in [0.05, 0.1) is 10.6 Å². The van der Waals surface area contributed by atoms with Gasteiger partial charge in [0.15, 0.2) is 0 Å². The van der Waals surface area contributed by atoms with Crippen LogP contribution in [-0.2, 0) is 16.2 Å². The summed E-state index contributed by atoms with van der Waals surface area (Å²) in [6.07, 6.45) is -4.63. The lowest BCUT2D eigenvalue weighted by Crippen LogP contribution is -2.55. The number of nitrogens with zero attached hydrogens (tertiary/aromatic N) is 1. The summed E-state index contributed by atoms with van der Waals surface area (Å²) in [6, 6.07) is 2.14. The van der Waals surface area contributed by atoms with Crippen LogP contribution in [0.25, 0.3) is 0 Å². The molecule has 0 bridgehead atoms. The first-order chi connectivity index (χ1) is 10.0. The second-order valence-corrected chi connectivity index (χ2v) is 7.75. The maximum absolute atomic E-state index is 12.8. The Morgan fingerprint density at radius 3 is 2.27 bits per heavy atom. The van der Waals surface area contributed by atoms with Gasteiger partial charge in [-0.3, -0.25) is 0 Å². The van der Waals surface area contributed by atoms with Crippen LogP contribution in [0.3, 0.4) is 0 Å². The molecular weight excluding hydrogens is 341 g/mol. The van der Waals surface area contributed by atoms with Crippen LogP contribution in [0.5, 0.6) is 0 Å². The molecule has 1 N–H and O–H groups in total. The Morgan fingerprint density at radius 1 is 1.23 bits per heavy atom. The molecule has 1 aliphatic rings. The monoisotopic (exact) mass is 356 g/mol. The predicted molar refractivity (Wildman–Crippen MR) is 77.3 cm³/mol. The second kappa shape index (κ2) is 5.99. The van der Waals surface area contributed by atoms with E-state index >= 15 is 0 Å². The third kappa shape index (κ3) is 3.56. The summed E-state index contributed by atoms with van der Waals surface area (Å²) in [5.41, 5.74) is -1.04. The van der Waals surface area contributed by atoms with Gasteiger partial charge in [0.25, 0.3) is 0 Å². The lowest BCUT2D eigenvalue weighted by atomic mass is 10.2. The van der Waals surface area contributed by atoms with Crippen molar-refractivity contribution in [2.24, 2.45) is 0 Å². The molecule has 0 spiro atoms. The normalized spacial score (nSPS) is 24.5. The Labute approximate surface area is 132 Å². The number of piperazine rings is 1. The second-order valence-electron chi connectivity index (χ2n) is 5.43. The molecule has 4 nitrogen and oxygen atoms in total. The average molecular weight is 357 g/mol. The van der Waals surface area contributed by atoms with Crippen molar-refractivity contribution in [3.63, 3.8) is 0 Å². The summed E-state index contributed by atoms with van der Waals surface area (Å²) < 4.78 is 64.8. The van der Waals surface area contributed by atoms with E-state index in [1.54, 1.807) is 0 Å². The Morgan fingerprint density at radius 2 is 1.77 bits per heavy atom. The van der Waals surface area contributed by atoms with Gasteiger partial charge < -0.3 is 5.32 Å². The third-order valence-corrected chi connectivity index (χ3v) is 5.71. The molecule has 22 heavy (non-hydrogen) atoms. The van der Waals surface area contributed by atoms with Crippen LogP contribution in [0.2, 0.25) is 5.02 Å². The zero-order valence-corrected chi connectivity index (χ0v) is 13.6. The highest BCUT2D eigenvalue weighted by Gasteiger charge is 2.36. The third-order valence-electron chi connectivity index (χ3n) is 3.40. The van der Waals surface area contributed by atoms with E-state index in [9.17, 15) is 21.6 Å². The molecule has 2 rings (SSSR count). The molecule has 0 aliphatic carbocycles. The van der Waals surface area contributed by atoms with Crippen LogP contribution in [0.4, 0.5) is 13.2 Å². The van der Waals surface area contributed by atoms with Crippen LogP contribution in [-0.4, -0.2) is 37.9 Å². The minimum absolute atomic E-state index is 0.0944. The van der Waals surface area contributed by atoms with E-state index in [-0.39, 0.29) is 30.2 Å². The van der Waals surface area contributed by atoms with Crippen molar-refractivity contribution < 1.29 is 21.6 Å². The predicted octanol–water partition coefficient (Wildman–Crippen LogP) is 2.73. The largest absolute Gasteiger partial charge is 0.416 e. The summed E-state index contributed by atoms with van der Waals surface area (Å²) in [6.45, 7) is 3.98. The zero-order valence-electron chi connectivity index (χ0n) is 12.0. The van der Waals surface area contributed by atoms with Crippen molar-refractivity contribution in [1.29, 1.82) is 0 Å². The molecule has 1 saturated heterocycles. The molecule has 0 amide bonds. The smallest absolute Gasteiger partial charge is 0.309 e. The van der Waals surface area contributed by atoms with Gasteiger partial charge in [-0.05, 0) is 32.0 Å². The van der Waals surface area contributed by atoms with E-state index in [4.69, 9.17) is 11.6 Å². The Balaban J connectivity index is 2.45. The SMILES string of the molecule is CC1CN(S(=O)(=O)c2cc(C(F)(F)F)ccc2Cl)CC(C)N1. The molecule has 2 atom stereocenters. The first kappa shape index (κ1) is 17.5. The lowest BCUT2D eigenvalue weighted by molar-refractivity contribution is -0.137. The Hall–Kier alpha value is -0.830. The maximum atomic E-state index is 12.8. The van der Waals surface area contributed by atoms with Gasteiger partial charge in [-0.15, -0.1) is 0 Å². The topological polar surface area (TPSA) is 49.4 Å². The Kier molecular flexibility index (Phi) is 4.77. The summed E-state index contributed by atoms with van der Waals surface area (Å²) in [5, 5.41) is 2.95. The van der Waals surface area contributed by atoms with E-state index < -0.39 is 26.7 Å². The number of nitrogens with one attached hydrogen (secondary N) is 1. The fraction of sp³-hybridized carbons (Fsp3) is 0.538. The molecule has 0 radical (unpaired) electrons. The molecule has 9 heteroatoms. The maximum Gasteiger partial charge on any atom is 0.416 e. The fourth-order valence-corrected chi connectivity index (χ4v) is 4.61. The van der Waals surface area contributed by atoms with Gasteiger partial charge in [0.2, 0.25) is 10.0 Å². The molecule has 2 unspecified atom stereocenters. The number of sulfonamides is 1. The number of halogens is 4. The molecular formula is C13H16ClF3N2O2S. The average Bonchev–Trinajstić information content (AvgIpc) is 2.36. The van der Waals surface area contributed by atoms with Crippen molar-refractivity contribution >= 4 is 21.6 Å². The highest BCUT2D eigenvalue weighted by atomic mass is 35.5. The van der Waals surface area contributed by atoms with Crippen molar-refractivity contribution in [3.05, 3.63) is 28.8 Å². The van der Waals surface area contributed by atoms with Gasteiger partial charge in [0.1, 0.15) is 4.90 Å². The van der Waals surface area contributed by atoms with Crippen LogP contribution in [0.1, 0.15) is 19.4 Å². The van der Waals surface area contributed by atoms with E-state index in [2.05, 4.69) is 5.32 Å². The molecule has 1 aliphatic heterocycles. The number of hydrogen-bond acceptors (Lipinski definition) is 3. The lowest BCUT2D eigenvalue weighted by Gasteiger charge is -2.35. The molecule has 0 aromatic heterocycles. The minimum atomic E-state index is -4.63. The number of hydrogen-bond donors (Lipinski definition) is 1. The molecule has 1 aromatic carbocycles. The molecule has 1 fully saturated rings. The van der Waals surface area contributed by atoms with Crippen molar-refractivity contribution in [2.45, 2.75) is 37.0 Å². The minimum Gasteiger partial charge on any atom is -0.309 e. The van der Waals surface area contributed by atoms with Crippen LogP contribution in [0.15, 0.2) is 23.1 Å². The molecule has 0 saturated carbocycles. The van der Waals surface area contributed by atoms with Crippen LogP contribution >= 0.6 is 11.6 Å². The van der Waals surface area contributed by atoms with Gasteiger partial charge >= 0.3 is 6.18 Å². The molecule has 1 aromatic rings. The van der Waals surface area contributed by atoms with Crippen LogP contribution in [0, 0.1) is 0 Å². The summed E-state index contributed by atoms with van der Waals surface area (Å²) in [5.74, 6) is 0. The first-order valence-corrected chi connectivity index (χ1v) is 8.46. The van der Waals surface area contributed by atoms with Gasteiger partial charge in [-0.1, -0.05) is 11.6 Å². The fourth-order valence-electron chi connectivity index (χ4n) is 2.49. The van der Waals surface area contributed by atoms with E-state index in [0.29, 0.717) is 6.07 Å². The van der Waals surface area contributed by atoms with Crippen LogP contribution < -0.4 is 5.32 Å². The highest BCUT2D eigenvalue weighted by Crippen LogP contribution is 2.34. The molecule has 1 heterocycles. The highest BCUT2D eigenvalue weighted by molar-refractivity contribution is 7.89. The first-order valence-electron chi connectivity index (χ1n) is 6.64. The van der Waals surface area contributed by atoms with E-state index in [1.165, 1.54) is 4.31 Å². The summed E-state index contributed by atoms with van der Waals surface area (Å²) >= 11 is 5.83. The quantitative estimate of drug-likeness (QED) is 0.886. The molecule has 124 valence electrons. The zero-order chi connectivity index (χ0) is 16.7. The summed E-state index contributed by atoms with van der Waals surface area (Å²) in [4.78, 5) is -0.509. The summed E-state index contributed by atoms with van der Waals surface area (Å²) in [7, 11) is -4.08. The van der Waals surface area contributed by atoms with E-state index in [0.717, 1.165) is 12.1 Å². The van der Waals surface area contributed by atoms with Crippen molar-refractivity contribution in [1.82, 2.24) is 9.62 Å². The van der Waals surface area contributed by atoms with Gasteiger partial charge in [0, 0.05) is 25.2 Å². The van der Waals surface area contributed by atoms with Gasteiger partial charge in [-0.25, -0.2) is 8.42 Å².